The van der Waals surface area contributed by atoms with Crippen LogP contribution in [0.25, 0.3) is 10.6 Å². The van der Waals surface area contributed by atoms with Gasteiger partial charge in [-0.1, -0.05) is 30.3 Å². The number of benzene rings is 1. The van der Waals surface area contributed by atoms with Gasteiger partial charge in [-0.3, -0.25) is 4.21 Å². The summed E-state index contributed by atoms with van der Waals surface area (Å²) in [5.74, 6) is 0.814. The number of rotatable bonds is 5. The summed E-state index contributed by atoms with van der Waals surface area (Å²) in [6.07, 6.45) is 0. The standard InChI is InChI=1S/C13H15NO2S2/c1-10-12(9-18(16)8-7-15)17-13(14-10)11-5-3-2-4-6-11/h2-6,15H,7-9H2,1H3. The van der Waals surface area contributed by atoms with E-state index in [9.17, 15) is 4.21 Å². The highest BCUT2D eigenvalue weighted by molar-refractivity contribution is 7.84. The van der Waals surface area contributed by atoms with Crippen molar-refractivity contribution in [1.82, 2.24) is 4.98 Å². The minimum absolute atomic E-state index is 0.0317. The molecule has 1 aromatic carbocycles. The fourth-order valence-corrected chi connectivity index (χ4v) is 3.93. The van der Waals surface area contributed by atoms with Gasteiger partial charge in [0.25, 0.3) is 0 Å². The SMILES string of the molecule is Cc1nc(-c2ccccc2)sc1CS(=O)CCO. The monoisotopic (exact) mass is 281 g/mol. The Morgan fingerprint density at radius 2 is 2.06 bits per heavy atom. The van der Waals surface area contributed by atoms with E-state index in [1.165, 1.54) is 0 Å². The van der Waals surface area contributed by atoms with E-state index in [1.54, 1.807) is 11.3 Å². The van der Waals surface area contributed by atoms with Crippen molar-refractivity contribution in [2.24, 2.45) is 0 Å². The Bertz CT molecular complexity index is 537. The van der Waals surface area contributed by atoms with Crippen molar-refractivity contribution < 1.29 is 9.32 Å². The van der Waals surface area contributed by atoms with Gasteiger partial charge in [-0.05, 0) is 6.92 Å². The van der Waals surface area contributed by atoms with E-state index >= 15 is 0 Å². The molecule has 0 bridgehead atoms. The van der Waals surface area contributed by atoms with E-state index in [2.05, 4.69) is 4.98 Å². The zero-order valence-electron chi connectivity index (χ0n) is 10.1. The first-order chi connectivity index (χ1) is 8.70. The minimum atomic E-state index is -1.00. The van der Waals surface area contributed by atoms with E-state index in [0.29, 0.717) is 11.5 Å². The lowest BCUT2D eigenvalue weighted by molar-refractivity contribution is 0.321. The number of nitrogens with zero attached hydrogens (tertiary/aromatic N) is 1. The van der Waals surface area contributed by atoms with Crippen LogP contribution in [0.2, 0.25) is 0 Å². The van der Waals surface area contributed by atoms with Crippen molar-refractivity contribution >= 4 is 22.1 Å². The highest BCUT2D eigenvalue weighted by atomic mass is 32.2. The van der Waals surface area contributed by atoms with Gasteiger partial charge < -0.3 is 5.11 Å². The molecule has 0 radical (unpaired) electrons. The fourth-order valence-electron chi connectivity index (χ4n) is 1.59. The second-order valence-electron chi connectivity index (χ2n) is 3.91. The van der Waals surface area contributed by atoms with Crippen molar-refractivity contribution in [2.45, 2.75) is 12.7 Å². The molecular weight excluding hydrogens is 266 g/mol. The highest BCUT2D eigenvalue weighted by Crippen LogP contribution is 2.28. The maximum atomic E-state index is 11.6. The molecule has 2 aromatic rings. The second-order valence-corrected chi connectivity index (χ2v) is 6.57. The van der Waals surface area contributed by atoms with Crippen molar-refractivity contribution in [2.75, 3.05) is 12.4 Å². The van der Waals surface area contributed by atoms with Crippen LogP contribution in [-0.2, 0) is 16.6 Å². The summed E-state index contributed by atoms with van der Waals surface area (Å²) in [5.41, 5.74) is 2.02. The Morgan fingerprint density at radius 1 is 1.33 bits per heavy atom. The van der Waals surface area contributed by atoms with Crippen LogP contribution in [0.1, 0.15) is 10.6 Å². The van der Waals surface area contributed by atoms with Crippen molar-refractivity contribution in [3.05, 3.63) is 40.9 Å². The topological polar surface area (TPSA) is 50.2 Å². The maximum absolute atomic E-state index is 11.6. The predicted octanol–water partition coefficient (Wildman–Crippen LogP) is 2.36. The number of aliphatic hydroxyl groups excluding tert-OH is 1. The molecule has 0 amide bonds. The van der Waals surface area contributed by atoms with Crippen LogP contribution < -0.4 is 0 Å². The summed E-state index contributed by atoms with van der Waals surface area (Å²) < 4.78 is 11.6. The number of aryl methyl sites for hydroxylation is 1. The molecule has 0 spiro atoms. The van der Waals surface area contributed by atoms with Crippen molar-refractivity contribution in [3.8, 4) is 10.6 Å². The normalized spacial score (nSPS) is 12.6. The molecule has 1 N–H and O–H groups in total. The molecule has 96 valence electrons. The summed E-state index contributed by atoms with van der Waals surface area (Å²) in [6.45, 7) is 1.91. The van der Waals surface area contributed by atoms with E-state index < -0.39 is 10.8 Å². The van der Waals surface area contributed by atoms with Crippen LogP contribution in [0.4, 0.5) is 0 Å². The highest BCUT2D eigenvalue weighted by Gasteiger charge is 2.11. The fraction of sp³-hybridized carbons (Fsp3) is 0.308. The molecule has 2 rings (SSSR count). The van der Waals surface area contributed by atoms with Gasteiger partial charge in [0, 0.05) is 27.0 Å². The Balaban J connectivity index is 2.20. The van der Waals surface area contributed by atoms with Gasteiger partial charge >= 0.3 is 0 Å². The van der Waals surface area contributed by atoms with Crippen molar-refractivity contribution in [1.29, 1.82) is 0 Å². The number of thiazole rings is 1. The zero-order valence-corrected chi connectivity index (χ0v) is 11.8. The van der Waals surface area contributed by atoms with E-state index in [0.717, 1.165) is 21.1 Å². The predicted molar refractivity (Wildman–Crippen MR) is 76.1 cm³/mol. The molecule has 0 saturated heterocycles. The summed E-state index contributed by atoms with van der Waals surface area (Å²) in [4.78, 5) is 5.56. The summed E-state index contributed by atoms with van der Waals surface area (Å²) >= 11 is 1.58. The molecule has 0 fully saturated rings. The van der Waals surface area contributed by atoms with Crippen LogP contribution in [0.5, 0.6) is 0 Å². The smallest absolute Gasteiger partial charge is 0.123 e. The molecule has 18 heavy (non-hydrogen) atoms. The Hall–Kier alpha value is -1.04. The lowest BCUT2D eigenvalue weighted by Crippen LogP contribution is -2.04. The lowest BCUT2D eigenvalue weighted by Gasteiger charge is -1.97. The van der Waals surface area contributed by atoms with Crippen LogP contribution in [0, 0.1) is 6.92 Å². The molecule has 1 heterocycles. The molecule has 1 unspecified atom stereocenters. The van der Waals surface area contributed by atoms with E-state index in [-0.39, 0.29) is 6.61 Å². The second kappa shape index (κ2) is 6.22. The van der Waals surface area contributed by atoms with Gasteiger partial charge in [0.05, 0.1) is 18.1 Å². The Morgan fingerprint density at radius 3 is 2.72 bits per heavy atom. The zero-order chi connectivity index (χ0) is 13.0. The molecule has 5 heteroatoms. The van der Waals surface area contributed by atoms with Crippen LogP contribution in [0.15, 0.2) is 30.3 Å². The maximum Gasteiger partial charge on any atom is 0.123 e. The third-order valence-corrected chi connectivity index (χ3v) is 5.16. The lowest BCUT2D eigenvalue weighted by atomic mass is 10.2. The molecule has 3 nitrogen and oxygen atoms in total. The number of aromatic nitrogens is 1. The molecule has 1 aromatic heterocycles. The Kier molecular flexibility index (Phi) is 4.63. The third-order valence-electron chi connectivity index (χ3n) is 2.52. The van der Waals surface area contributed by atoms with E-state index in [1.807, 2.05) is 37.3 Å². The van der Waals surface area contributed by atoms with Gasteiger partial charge in [-0.15, -0.1) is 11.3 Å². The van der Waals surface area contributed by atoms with Gasteiger partial charge in [0.2, 0.25) is 0 Å². The van der Waals surface area contributed by atoms with Gasteiger partial charge in [0.15, 0.2) is 0 Å². The molecule has 0 aliphatic carbocycles. The summed E-state index contributed by atoms with van der Waals surface area (Å²) in [5, 5.41) is 9.72. The largest absolute Gasteiger partial charge is 0.395 e. The van der Waals surface area contributed by atoms with Gasteiger partial charge in [-0.25, -0.2) is 4.98 Å². The Labute approximate surface area is 113 Å². The average Bonchev–Trinajstić information content (AvgIpc) is 2.72. The first-order valence-corrected chi connectivity index (χ1v) is 7.98. The minimum Gasteiger partial charge on any atom is -0.395 e. The molecule has 1 atom stereocenters. The van der Waals surface area contributed by atoms with Crippen LogP contribution in [0.3, 0.4) is 0 Å². The molecule has 0 aliphatic rings. The number of hydrogen-bond acceptors (Lipinski definition) is 4. The van der Waals surface area contributed by atoms with Gasteiger partial charge in [-0.2, -0.15) is 0 Å². The molecule has 0 saturated carbocycles. The number of hydrogen-bond donors (Lipinski definition) is 1. The van der Waals surface area contributed by atoms with Crippen molar-refractivity contribution in [3.63, 3.8) is 0 Å². The first kappa shape index (κ1) is 13.4. The summed E-state index contributed by atoms with van der Waals surface area (Å²) in [7, 11) is -1.00. The van der Waals surface area contributed by atoms with Crippen LogP contribution >= 0.6 is 11.3 Å². The molecule has 0 aliphatic heterocycles. The van der Waals surface area contributed by atoms with E-state index in [4.69, 9.17) is 5.11 Å². The quantitative estimate of drug-likeness (QED) is 0.915. The van der Waals surface area contributed by atoms with Gasteiger partial charge in [0.1, 0.15) is 5.01 Å². The third kappa shape index (κ3) is 3.25. The number of aliphatic hydroxyl groups is 1. The first-order valence-electron chi connectivity index (χ1n) is 5.68. The average molecular weight is 281 g/mol. The van der Waals surface area contributed by atoms with Crippen LogP contribution in [-0.4, -0.2) is 26.7 Å². The molecular formula is C13H15NO2S2. The summed E-state index contributed by atoms with van der Waals surface area (Å²) in [6, 6.07) is 9.98.